The van der Waals surface area contributed by atoms with Gasteiger partial charge in [-0.3, -0.25) is 4.79 Å². The molecule has 0 radical (unpaired) electrons. The van der Waals surface area contributed by atoms with Crippen LogP contribution in [0, 0.1) is 20.8 Å². The molecule has 120 valence electrons. The van der Waals surface area contributed by atoms with Crippen LogP contribution in [-0.4, -0.2) is 18.7 Å². The Labute approximate surface area is 141 Å². The van der Waals surface area contributed by atoms with Gasteiger partial charge in [-0.05, 0) is 49.6 Å². The average Bonchev–Trinajstić information content (AvgIpc) is 2.48. The third-order valence-electron chi connectivity index (χ3n) is 3.23. The number of nitrogens with one attached hydrogen (secondary N) is 1. The van der Waals surface area contributed by atoms with Crippen molar-refractivity contribution in [3.63, 3.8) is 0 Å². The number of benzene rings is 2. The largest absolute Gasteiger partial charge is 0.483 e. The van der Waals surface area contributed by atoms with Gasteiger partial charge in [0.05, 0.1) is 6.21 Å². The van der Waals surface area contributed by atoms with E-state index in [9.17, 15) is 4.79 Å². The van der Waals surface area contributed by atoms with Crippen LogP contribution in [0.1, 0.15) is 22.3 Å². The van der Waals surface area contributed by atoms with Gasteiger partial charge in [0.25, 0.3) is 5.91 Å². The zero-order chi connectivity index (χ0) is 16.8. The number of hydrazone groups is 1. The van der Waals surface area contributed by atoms with Crippen LogP contribution in [0.5, 0.6) is 5.75 Å². The lowest BCUT2D eigenvalue weighted by molar-refractivity contribution is -0.123. The van der Waals surface area contributed by atoms with E-state index in [2.05, 4.69) is 10.5 Å². The Kier molecular flexibility index (Phi) is 5.77. The quantitative estimate of drug-likeness (QED) is 0.669. The molecule has 0 unspecified atom stereocenters. The second kappa shape index (κ2) is 7.79. The summed E-state index contributed by atoms with van der Waals surface area (Å²) in [6.07, 6.45) is 1.55. The topological polar surface area (TPSA) is 50.7 Å². The highest BCUT2D eigenvalue weighted by Crippen LogP contribution is 2.24. The van der Waals surface area contributed by atoms with Crippen LogP contribution >= 0.6 is 11.6 Å². The van der Waals surface area contributed by atoms with Crippen LogP contribution in [0.25, 0.3) is 0 Å². The lowest BCUT2D eigenvalue weighted by Crippen LogP contribution is -2.25. The third-order valence-corrected chi connectivity index (χ3v) is 3.48. The molecule has 2 aromatic carbocycles. The number of carbonyl (C=O) groups excluding carboxylic acids is 1. The van der Waals surface area contributed by atoms with Crippen molar-refractivity contribution in [2.24, 2.45) is 5.10 Å². The minimum absolute atomic E-state index is 0.0807. The van der Waals surface area contributed by atoms with Gasteiger partial charge in [0.1, 0.15) is 5.75 Å². The molecule has 0 aliphatic heterocycles. The molecule has 0 fully saturated rings. The van der Waals surface area contributed by atoms with Gasteiger partial charge in [-0.2, -0.15) is 5.10 Å². The highest BCUT2D eigenvalue weighted by atomic mass is 35.5. The van der Waals surface area contributed by atoms with Gasteiger partial charge >= 0.3 is 0 Å². The predicted octanol–water partition coefficient (Wildman–Crippen LogP) is 3.79. The van der Waals surface area contributed by atoms with E-state index in [1.807, 2.05) is 45.0 Å². The fraction of sp³-hybridized carbons (Fsp3) is 0.222. The van der Waals surface area contributed by atoms with E-state index in [0.717, 1.165) is 22.4 Å². The molecule has 4 nitrogen and oxygen atoms in total. The summed E-state index contributed by atoms with van der Waals surface area (Å²) in [6, 6.07) is 11.2. The first-order valence-electron chi connectivity index (χ1n) is 7.24. The highest BCUT2D eigenvalue weighted by molar-refractivity contribution is 6.30. The van der Waals surface area contributed by atoms with Crippen molar-refractivity contribution in [1.82, 2.24) is 5.43 Å². The van der Waals surface area contributed by atoms with E-state index in [0.29, 0.717) is 5.02 Å². The van der Waals surface area contributed by atoms with E-state index in [1.54, 1.807) is 18.3 Å². The summed E-state index contributed by atoms with van der Waals surface area (Å²) in [6.45, 7) is 5.88. The molecule has 0 aliphatic rings. The third kappa shape index (κ3) is 5.11. The molecule has 1 amide bonds. The van der Waals surface area contributed by atoms with E-state index >= 15 is 0 Å². The molecule has 0 heterocycles. The van der Waals surface area contributed by atoms with Gasteiger partial charge in [0.15, 0.2) is 6.61 Å². The molecule has 1 N–H and O–H groups in total. The van der Waals surface area contributed by atoms with Crippen LogP contribution in [0.2, 0.25) is 5.02 Å². The van der Waals surface area contributed by atoms with Gasteiger partial charge in [-0.15, -0.1) is 0 Å². The van der Waals surface area contributed by atoms with E-state index < -0.39 is 0 Å². The van der Waals surface area contributed by atoms with Gasteiger partial charge in [0, 0.05) is 5.02 Å². The molecule has 2 aromatic rings. The van der Waals surface area contributed by atoms with Crippen molar-refractivity contribution in [1.29, 1.82) is 0 Å². The second-order valence-electron chi connectivity index (χ2n) is 5.36. The fourth-order valence-corrected chi connectivity index (χ4v) is 2.42. The minimum atomic E-state index is -0.311. The monoisotopic (exact) mass is 330 g/mol. The van der Waals surface area contributed by atoms with Crippen molar-refractivity contribution in [2.45, 2.75) is 20.8 Å². The Morgan fingerprint density at radius 2 is 1.78 bits per heavy atom. The highest BCUT2D eigenvalue weighted by Gasteiger charge is 2.07. The van der Waals surface area contributed by atoms with Crippen LogP contribution in [0.15, 0.2) is 41.5 Å². The first-order valence-corrected chi connectivity index (χ1v) is 7.61. The molecule has 23 heavy (non-hydrogen) atoms. The lowest BCUT2D eigenvalue weighted by Gasteiger charge is -2.12. The smallest absolute Gasteiger partial charge is 0.277 e. The summed E-state index contributed by atoms with van der Waals surface area (Å²) in [7, 11) is 0. The predicted molar refractivity (Wildman–Crippen MR) is 93.3 cm³/mol. The van der Waals surface area contributed by atoms with Crippen molar-refractivity contribution >= 4 is 23.7 Å². The van der Waals surface area contributed by atoms with Crippen molar-refractivity contribution in [3.8, 4) is 5.75 Å². The minimum Gasteiger partial charge on any atom is -0.483 e. The molecule has 0 aromatic heterocycles. The first kappa shape index (κ1) is 17.0. The van der Waals surface area contributed by atoms with Gasteiger partial charge in [-0.25, -0.2) is 5.43 Å². The van der Waals surface area contributed by atoms with Crippen LogP contribution < -0.4 is 10.2 Å². The maximum Gasteiger partial charge on any atom is 0.277 e. The number of nitrogens with zero attached hydrogens (tertiary/aromatic N) is 1. The number of amides is 1. The van der Waals surface area contributed by atoms with Crippen LogP contribution in [0.4, 0.5) is 0 Å². The number of rotatable bonds is 5. The molecule has 0 bridgehead atoms. The zero-order valence-corrected chi connectivity index (χ0v) is 14.1. The summed E-state index contributed by atoms with van der Waals surface area (Å²) in [5, 5.41) is 4.55. The summed E-state index contributed by atoms with van der Waals surface area (Å²) in [5.41, 5.74) is 6.49. The summed E-state index contributed by atoms with van der Waals surface area (Å²) < 4.78 is 5.60. The molecule has 0 aliphatic carbocycles. The second-order valence-corrected chi connectivity index (χ2v) is 5.80. The van der Waals surface area contributed by atoms with Gasteiger partial charge in [-0.1, -0.05) is 41.4 Å². The number of hydrogen-bond donors (Lipinski definition) is 1. The van der Waals surface area contributed by atoms with Crippen LogP contribution in [-0.2, 0) is 4.79 Å². The van der Waals surface area contributed by atoms with Crippen molar-refractivity contribution < 1.29 is 9.53 Å². The number of aryl methyl sites for hydroxylation is 3. The summed E-state index contributed by atoms with van der Waals surface area (Å²) in [4.78, 5) is 11.8. The Hall–Kier alpha value is -2.33. The lowest BCUT2D eigenvalue weighted by atomic mass is 10.1. The molecular weight excluding hydrogens is 312 g/mol. The summed E-state index contributed by atoms with van der Waals surface area (Å²) in [5.74, 6) is 0.432. The Morgan fingerprint density at radius 3 is 2.39 bits per heavy atom. The molecular formula is C18H19ClN2O2. The van der Waals surface area contributed by atoms with Gasteiger partial charge in [0.2, 0.25) is 0 Å². The summed E-state index contributed by atoms with van der Waals surface area (Å²) >= 11 is 5.80. The Bertz CT molecular complexity index is 701. The maximum atomic E-state index is 11.8. The van der Waals surface area contributed by atoms with Crippen molar-refractivity contribution in [2.75, 3.05) is 6.61 Å². The van der Waals surface area contributed by atoms with Crippen LogP contribution in [0.3, 0.4) is 0 Å². The average molecular weight is 331 g/mol. The Morgan fingerprint density at radius 1 is 1.17 bits per heavy atom. The van der Waals surface area contributed by atoms with E-state index in [-0.39, 0.29) is 12.5 Å². The first-order chi connectivity index (χ1) is 11.0. The van der Waals surface area contributed by atoms with E-state index in [1.165, 1.54) is 5.56 Å². The molecule has 0 saturated carbocycles. The normalized spacial score (nSPS) is 10.8. The standard InChI is InChI=1S/C18H19ClN2O2/c1-12-8-13(2)18(14(3)9-12)23-11-17(22)21-20-10-15-4-6-16(19)7-5-15/h4-10H,11H2,1-3H3,(H,21,22)/b20-10-. The van der Waals surface area contributed by atoms with Gasteiger partial charge < -0.3 is 4.74 Å². The SMILES string of the molecule is Cc1cc(C)c(OCC(=O)N/N=C\c2ccc(Cl)cc2)c(C)c1. The maximum absolute atomic E-state index is 11.8. The zero-order valence-electron chi connectivity index (χ0n) is 13.4. The van der Waals surface area contributed by atoms with Crippen molar-refractivity contribution in [3.05, 3.63) is 63.7 Å². The molecule has 0 atom stereocenters. The number of ether oxygens (including phenoxy) is 1. The number of halogens is 1. The van der Waals surface area contributed by atoms with E-state index in [4.69, 9.17) is 16.3 Å². The molecule has 0 saturated heterocycles. The fourth-order valence-electron chi connectivity index (χ4n) is 2.29. The number of carbonyl (C=O) groups is 1. The molecule has 5 heteroatoms. The number of hydrogen-bond acceptors (Lipinski definition) is 3. The molecule has 0 spiro atoms. The molecule has 2 rings (SSSR count). The Balaban J connectivity index is 1.87.